The van der Waals surface area contributed by atoms with Gasteiger partial charge >= 0.3 is 0 Å². The lowest BCUT2D eigenvalue weighted by molar-refractivity contribution is 0.132. The first-order valence-corrected chi connectivity index (χ1v) is 7.34. The highest BCUT2D eigenvalue weighted by Crippen LogP contribution is 2.28. The van der Waals surface area contributed by atoms with Crippen LogP contribution in [0.4, 0.5) is 4.39 Å². The lowest BCUT2D eigenvalue weighted by Crippen LogP contribution is -2.33. The van der Waals surface area contributed by atoms with Crippen molar-refractivity contribution < 1.29 is 9.50 Å². The number of benzene rings is 2. The Bertz CT molecular complexity index is 760. The van der Waals surface area contributed by atoms with Crippen LogP contribution in [-0.2, 0) is 0 Å². The van der Waals surface area contributed by atoms with Crippen molar-refractivity contribution in [2.24, 2.45) is 0 Å². The molecule has 0 aliphatic heterocycles. The number of aliphatic hydroxyl groups excluding tert-OH is 1. The van der Waals surface area contributed by atoms with E-state index in [9.17, 15) is 9.50 Å². The molecule has 0 unspecified atom stereocenters. The molecule has 0 aliphatic carbocycles. The molecule has 0 saturated heterocycles. The van der Waals surface area contributed by atoms with E-state index in [1.807, 2.05) is 47.2 Å². The largest absolute Gasteiger partial charge is 0.389 e. The number of halogens is 2. The van der Waals surface area contributed by atoms with Crippen LogP contribution in [0.25, 0.3) is 10.9 Å². The van der Waals surface area contributed by atoms with Crippen molar-refractivity contribution in [2.45, 2.75) is 12.1 Å². The van der Waals surface area contributed by atoms with E-state index in [1.165, 1.54) is 12.1 Å². The van der Waals surface area contributed by atoms with E-state index in [0.717, 1.165) is 16.5 Å². The fourth-order valence-corrected chi connectivity index (χ4v) is 2.90. The van der Waals surface area contributed by atoms with Crippen molar-refractivity contribution in [3.05, 3.63) is 72.2 Å². The van der Waals surface area contributed by atoms with Gasteiger partial charge in [0.2, 0.25) is 0 Å². The Hall–Kier alpha value is -1.88. The van der Waals surface area contributed by atoms with E-state index < -0.39 is 6.10 Å². The van der Waals surface area contributed by atoms with E-state index in [0.29, 0.717) is 6.54 Å². The number of fused-ring (bicyclic) bond motifs is 1. The van der Waals surface area contributed by atoms with Gasteiger partial charge < -0.3 is 15.0 Å². The quantitative estimate of drug-likeness (QED) is 0.750. The van der Waals surface area contributed by atoms with Gasteiger partial charge in [-0.2, -0.15) is 0 Å². The van der Waals surface area contributed by atoms with Gasteiger partial charge in [0.15, 0.2) is 0 Å². The number of rotatable bonds is 5. The second kappa shape index (κ2) is 7.59. The van der Waals surface area contributed by atoms with Crippen molar-refractivity contribution in [2.75, 3.05) is 13.6 Å². The zero-order valence-corrected chi connectivity index (χ0v) is 13.6. The molecular formula is C18H20ClFN2O. The molecule has 3 nitrogen and oxygen atoms in total. The Morgan fingerprint density at radius 1 is 1.13 bits per heavy atom. The van der Waals surface area contributed by atoms with Crippen molar-refractivity contribution in [1.29, 1.82) is 0 Å². The van der Waals surface area contributed by atoms with Crippen LogP contribution < -0.4 is 5.32 Å². The molecule has 122 valence electrons. The van der Waals surface area contributed by atoms with Crippen molar-refractivity contribution in [3.63, 3.8) is 0 Å². The Morgan fingerprint density at radius 2 is 1.87 bits per heavy atom. The predicted octanol–water partition coefficient (Wildman–Crippen LogP) is 3.37. The molecule has 1 aromatic heterocycles. The Labute approximate surface area is 141 Å². The number of likely N-dealkylation sites (N-methyl/N-ethyl adjacent to an activating group) is 1. The third kappa shape index (κ3) is 3.55. The van der Waals surface area contributed by atoms with Gasteiger partial charge in [-0.1, -0.05) is 30.3 Å². The van der Waals surface area contributed by atoms with E-state index in [4.69, 9.17) is 0 Å². The molecule has 2 aromatic carbocycles. The summed E-state index contributed by atoms with van der Waals surface area (Å²) < 4.78 is 15.6. The average Bonchev–Trinajstić information content (AvgIpc) is 2.92. The summed E-state index contributed by atoms with van der Waals surface area (Å²) in [7, 11) is 1.80. The lowest BCUT2D eigenvalue weighted by atomic mass is 10.0. The summed E-state index contributed by atoms with van der Waals surface area (Å²) in [5.74, 6) is -0.276. The van der Waals surface area contributed by atoms with E-state index >= 15 is 0 Å². The van der Waals surface area contributed by atoms with Crippen LogP contribution in [0.1, 0.15) is 11.6 Å². The number of aromatic nitrogens is 1. The number of hydrogen-bond donors (Lipinski definition) is 2. The standard InChI is InChI=1S/C18H19FN2O.ClH/c1-20-12-17(22)18(14-5-3-2-4-6-14)21-10-9-13-7-8-15(19)11-16(13)21;/h2-11,17-18,20,22H,12H2,1H3;1H/t17-,18+;/m1./s1. The predicted molar refractivity (Wildman–Crippen MR) is 93.7 cm³/mol. The first-order chi connectivity index (χ1) is 10.7. The maximum atomic E-state index is 13.6. The highest BCUT2D eigenvalue weighted by atomic mass is 35.5. The molecule has 1 heterocycles. The molecule has 0 aliphatic rings. The number of nitrogens with one attached hydrogen (secondary N) is 1. The van der Waals surface area contributed by atoms with Crippen LogP contribution in [0.2, 0.25) is 0 Å². The molecule has 23 heavy (non-hydrogen) atoms. The van der Waals surface area contributed by atoms with Gasteiger partial charge in [-0.05, 0) is 42.3 Å². The van der Waals surface area contributed by atoms with E-state index in [1.54, 1.807) is 13.1 Å². The summed E-state index contributed by atoms with van der Waals surface area (Å²) in [6.45, 7) is 0.453. The molecule has 0 fully saturated rings. The van der Waals surface area contributed by atoms with Crippen molar-refractivity contribution >= 4 is 23.3 Å². The van der Waals surface area contributed by atoms with Gasteiger partial charge in [0.05, 0.1) is 17.7 Å². The summed E-state index contributed by atoms with van der Waals surface area (Å²) in [5.41, 5.74) is 1.77. The normalized spacial score (nSPS) is 13.5. The molecule has 3 aromatic rings. The molecule has 2 atom stereocenters. The van der Waals surface area contributed by atoms with E-state index in [2.05, 4.69) is 5.32 Å². The van der Waals surface area contributed by atoms with Gasteiger partial charge in [-0.15, -0.1) is 12.4 Å². The SMILES string of the molecule is CNC[C@@H](O)[C@H](c1ccccc1)n1ccc2ccc(F)cc21.Cl. The Balaban J connectivity index is 0.00000192. The lowest BCUT2D eigenvalue weighted by Gasteiger charge is -2.26. The first kappa shape index (κ1) is 17.5. The minimum Gasteiger partial charge on any atom is -0.389 e. The van der Waals surface area contributed by atoms with Gasteiger partial charge in [-0.3, -0.25) is 0 Å². The average molecular weight is 335 g/mol. The van der Waals surface area contributed by atoms with Crippen LogP contribution in [0.15, 0.2) is 60.8 Å². The summed E-state index contributed by atoms with van der Waals surface area (Å²) in [6.07, 6.45) is 1.28. The van der Waals surface area contributed by atoms with Gasteiger partial charge in [0.1, 0.15) is 5.82 Å². The second-order valence-electron chi connectivity index (χ2n) is 5.41. The van der Waals surface area contributed by atoms with Gasteiger partial charge in [0.25, 0.3) is 0 Å². The van der Waals surface area contributed by atoms with Crippen LogP contribution in [0, 0.1) is 5.82 Å². The Morgan fingerprint density at radius 3 is 2.57 bits per heavy atom. The van der Waals surface area contributed by atoms with Crippen LogP contribution in [-0.4, -0.2) is 29.4 Å². The maximum absolute atomic E-state index is 13.6. The van der Waals surface area contributed by atoms with Crippen LogP contribution in [0.5, 0.6) is 0 Å². The third-order valence-corrected chi connectivity index (χ3v) is 3.90. The molecule has 0 bridgehead atoms. The highest BCUT2D eigenvalue weighted by Gasteiger charge is 2.23. The Kier molecular flexibility index (Phi) is 5.77. The number of hydrogen-bond acceptors (Lipinski definition) is 2. The minimum absolute atomic E-state index is 0. The van der Waals surface area contributed by atoms with Crippen molar-refractivity contribution in [1.82, 2.24) is 9.88 Å². The monoisotopic (exact) mass is 334 g/mol. The van der Waals surface area contributed by atoms with Crippen molar-refractivity contribution in [3.8, 4) is 0 Å². The second-order valence-corrected chi connectivity index (χ2v) is 5.41. The molecule has 2 N–H and O–H groups in total. The number of aliphatic hydroxyl groups is 1. The molecule has 0 saturated carbocycles. The third-order valence-electron chi connectivity index (χ3n) is 3.90. The molecule has 3 rings (SSSR count). The molecule has 0 spiro atoms. The summed E-state index contributed by atoms with van der Waals surface area (Å²) >= 11 is 0. The topological polar surface area (TPSA) is 37.2 Å². The fraction of sp³-hybridized carbons (Fsp3) is 0.222. The summed E-state index contributed by atoms with van der Waals surface area (Å²) in [4.78, 5) is 0. The highest BCUT2D eigenvalue weighted by molar-refractivity contribution is 5.85. The zero-order valence-electron chi connectivity index (χ0n) is 12.8. The molecule has 5 heteroatoms. The maximum Gasteiger partial charge on any atom is 0.125 e. The molecule has 0 amide bonds. The molecular weight excluding hydrogens is 315 g/mol. The first-order valence-electron chi connectivity index (χ1n) is 7.34. The van der Waals surface area contributed by atoms with E-state index in [-0.39, 0.29) is 24.3 Å². The fourth-order valence-electron chi connectivity index (χ4n) is 2.90. The van der Waals surface area contributed by atoms with Gasteiger partial charge in [0, 0.05) is 12.7 Å². The smallest absolute Gasteiger partial charge is 0.125 e. The number of nitrogens with zero attached hydrogens (tertiary/aromatic N) is 1. The molecule has 0 radical (unpaired) electrons. The minimum atomic E-state index is -0.619. The van der Waals surface area contributed by atoms with Gasteiger partial charge in [-0.25, -0.2) is 4.39 Å². The van der Waals surface area contributed by atoms with Crippen LogP contribution >= 0.6 is 12.4 Å². The zero-order chi connectivity index (χ0) is 15.5. The summed E-state index contributed by atoms with van der Waals surface area (Å²) in [6, 6.07) is 16.2. The van der Waals surface area contributed by atoms with Crippen LogP contribution in [0.3, 0.4) is 0 Å². The summed E-state index contributed by atoms with van der Waals surface area (Å²) in [5, 5.41) is 14.5.